The van der Waals surface area contributed by atoms with Crippen LogP contribution in [0, 0.1) is 0 Å². The highest BCUT2D eigenvalue weighted by Crippen LogP contribution is 2.33. The lowest BCUT2D eigenvalue weighted by Gasteiger charge is -2.23. The minimum absolute atomic E-state index is 0.0178. The molecule has 2 heterocycles. The van der Waals surface area contributed by atoms with Crippen LogP contribution in [0.15, 0.2) is 45.5 Å². The third kappa shape index (κ3) is 4.19. The van der Waals surface area contributed by atoms with Gasteiger partial charge >= 0.3 is 0 Å². The fraction of sp³-hybridized carbons (Fsp3) is 0.312. The van der Waals surface area contributed by atoms with Crippen molar-refractivity contribution in [3.05, 3.63) is 40.7 Å². The van der Waals surface area contributed by atoms with E-state index in [4.69, 9.17) is 11.6 Å². The molecule has 0 spiro atoms. The minimum Gasteiger partial charge on any atom is -0.324 e. The maximum absolute atomic E-state index is 12.8. The molecule has 1 amide bonds. The molecule has 0 aliphatic carbocycles. The molecule has 7 nitrogen and oxygen atoms in total. The first-order valence-electron chi connectivity index (χ1n) is 7.98. The van der Waals surface area contributed by atoms with Gasteiger partial charge in [0, 0.05) is 12.8 Å². The van der Waals surface area contributed by atoms with Crippen molar-refractivity contribution in [2.45, 2.75) is 28.0 Å². The monoisotopic (exact) mass is 448 g/mol. The SMILES string of the molecule is CS(=O)(=O)c1ccccc1NC(=O)C1CCCN1S(=O)(=O)c1ccc(Cl)s1. The fourth-order valence-corrected chi connectivity index (χ4v) is 7.06. The predicted octanol–water partition coefficient (Wildman–Crippen LogP) is 2.60. The molecule has 3 rings (SSSR count). The zero-order valence-corrected chi connectivity index (χ0v) is 17.5. The number of thiophene rings is 1. The average Bonchev–Trinajstić information content (AvgIpc) is 3.23. The van der Waals surface area contributed by atoms with E-state index in [-0.39, 0.29) is 21.3 Å². The van der Waals surface area contributed by atoms with E-state index in [0.717, 1.165) is 21.9 Å². The maximum atomic E-state index is 12.8. The van der Waals surface area contributed by atoms with Crippen molar-refractivity contribution in [2.24, 2.45) is 0 Å². The van der Waals surface area contributed by atoms with Gasteiger partial charge in [0.15, 0.2) is 9.84 Å². The van der Waals surface area contributed by atoms with Gasteiger partial charge in [-0.05, 0) is 37.1 Å². The molecule has 0 saturated carbocycles. The molecule has 27 heavy (non-hydrogen) atoms. The molecule has 1 N–H and O–H groups in total. The van der Waals surface area contributed by atoms with Gasteiger partial charge in [-0.15, -0.1) is 11.3 Å². The number of nitrogens with zero attached hydrogens (tertiary/aromatic N) is 1. The Morgan fingerprint density at radius 2 is 1.89 bits per heavy atom. The number of hydrogen-bond acceptors (Lipinski definition) is 6. The Morgan fingerprint density at radius 1 is 1.19 bits per heavy atom. The van der Waals surface area contributed by atoms with Gasteiger partial charge in [0.25, 0.3) is 10.0 Å². The van der Waals surface area contributed by atoms with Crippen LogP contribution in [0.2, 0.25) is 4.34 Å². The second kappa shape index (κ2) is 7.51. The lowest BCUT2D eigenvalue weighted by atomic mass is 10.2. The molecule has 0 radical (unpaired) electrons. The number of halogens is 1. The van der Waals surface area contributed by atoms with E-state index < -0.39 is 31.8 Å². The van der Waals surface area contributed by atoms with Crippen LogP contribution in [-0.2, 0) is 24.7 Å². The van der Waals surface area contributed by atoms with Gasteiger partial charge in [0.1, 0.15) is 10.3 Å². The van der Waals surface area contributed by atoms with Crippen molar-refractivity contribution in [2.75, 3.05) is 18.1 Å². The second-order valence-electron chi connectivity index (χ2n) is 6.09. The third-order valence-corrected chi connectivity index (χ3v) is 8.92. The number of nitrogens with one attached hydrogen (secondary N) is 1. The van der Waals surface area contributed by atoms with Gasteiger partial charge < -0.3 is 5.32 Å². The minimum atomic E-state index is -3.85. The normalized spacial score (nSPS) is 18.5. The molecule has 146 valence electrons. The van der Waals surface area contributed by atoms with Crippen LogP contribution in [0.3, 0.4) is 0 Å². The molecular weight excluding hydrogens is 432 g/mol. The van der Waals surface area contributed by atoms with E-state index in [9.17, 15) is 21.6 Å². The van der Waals surface area contributed by atoms with Gasteiger partial charge in [-0.25, -0.2) is 16.8 Å². The zero-order valence-electron chi connectivity index (χ0n) is 14.3. The highest BCUT2D eigenvalue weighted by molar-refractivity contribution is 7.91. The molecule has 2 aromatic rings. The number of amides is 1. The van der Waals surface area contributed by atoms with Gasteiger partial charge in [-0.3, -0.25) is 4.79 Å². The molecule has 0 bridgehead atoms. The molecule has 1 aromatic carbocycles. The van der Waals surface area contributed by atoms with E-state index in [0.29, 0.717) is 17.2 Å². The lowest BCUT2D eigenvalue weighted by molar-refractivity contribution is -0.119. The van der Waals surface area contributed by atoms with E-state index in [1.54, 1.807) is 12.1 Å². The van der Waals surface area contributed by atoms with Crippen LogP contribution in [0.5, 0.6) is 0 Å². The van der Waals surface area contributed by atoms with E-state index in [1.807, 2.05) is 0 Å². The van der Waals surface area contributed by atoms with Crippen LogP contribution in [0.1, 0.15) is 12.8 Å². The summed E-state index contributed by atoms with van der Waals surface area (Å²) in [6.07, 6.45) is 1.93. The van der Waals surface area contributed by atoms with Crippen molar-refractivity contribution in [1.82, 2.24) is 4.31 Å². The first-order valence-corrected chi connectivity index (χ1v) is 12.5. The number of carbonyl (C=O) groups is 1. The van der Waals surface area contributed by atoms with Crippen LogP contribution in [0.25, 0.3) is 0 Å². The van der Waals surface area contributed by atoms with Gasteiger partial charge in [0.2, 0.25) is 5.91 Å². The third-order valence-electron chi connectivity index (χ3n) is 4.16. The number of rotatable bonds is 5. The Morgan fingerprint density at radius 3 is 2.52 bits per heavy atom. The van der Waals surface area contributed by atoms with Crippen LogP contribution >= 0.6 is 22.9 Å². The molecular formula is C16H17ClN2O5S3. The molecule has 1 unspecified atom stereocenters. The van der Waals surface area contributed by atoms with Crippen molar-refractivity contribution in [3.8, 4) is 0 Å². The molecule has 1 aliphatic rings. The summed E-state index contributed by atoms with van der Waals surface area (Å²) in [4.78, 5) is 12.7. The first kappa shape index (κ1) is 20.3. The average molecular weight is 449 g/mol. The maximum Gasteiger partial charge on any atom is 0.253 e. The van der Waals surface area contributed by atoms with Crippen molar-refractivity contribution < 1.29 is 21.6 Å². The Hall–Kier alpha value is -1.46. The zero-order chi connectivity index (χ0) is 19.8. The summed E-state index contributed by atoms with van der Waals surface area (Å²) in [6, 6.07) is 8.01. The summed E-state index contributed by atoms with van der Waals surface area (Å²) in [5, 5.41) is 2.57. The van der Waals surface area contributed by atoms with E-state index in [2.05, 4.69) is 5.32 Å². The molecule has 1 aliphatic heterocycles. The number of sulfonamides is 1. The highest BCUT2D eigenvalue weighted by Gasteiger charge is 2.40. The highest BCUT2D eigenvalue weighted by atomic mass is 35.5. The van der Waals surface area contributed by atoms with E-state index in [1.165, 1.54) is 24.3 Å². The number of hydrogen-bond donors (Lipinski definition) is 1. The number of para-hydroxylation sites is 1. The fourth-order valence-electron chi connectivity index (χ4n) is 2.95. The Bertz CT molecular complexity index is 1080. The molecule has 1 atom stereocenters. The first-order chi connectivity index (χ1) is 12.6. The Labute approximate surface area is 166 Å². The number of benzene rings is 1. The smallest absolute Gasteiger partial charge is 0.253 e. The number of carbonyl (C=O) groups excluding carboxylic acids is 1. The quantitative estimate of drug-likeness (QED) is 0.757. The summed E-state index contributed by atoms with van der Waals surface area (Å²) in [5.41, 5.74) is 0.133. The molecule has 11 heteroatoms. The van der Waals surface area contributed by atoms with Gasteiger partial charge in [-0.2, -0.15) is 4.31 Å². The standard InChI is InChI=1S/C16H17ClN2O5S3/c1-26(21,22)13-7-3-2-5-11(13)18-16(20)12-6-4-10-19(12)27(23,24)15-9-8-14(17)25-15/h2-3,5,7-9,12H,4,6,10H2,1H3,(H,18,20). The summed E-state index contributed by atoms with van der Waals surface area (Å²) < 4.78 is 51.0. The predicted molar refractivity (Wildman–Crippen MR) is 104 cm³/mol. The summed E-state index contributed by atoms with van der Waals surface area (Å²) in [6.45, 7) is 0.212. The van der Waals surface area contributed by atoms with Crippen molar-refractivity contribution in [1.29, 1.82) is 0 Å². The lowest BCUT2D eigenvalue weighted by Crippen LogP contribution is -2.43. The largest absolute Gasteiger partial charge is 0.324 e. The van der Waals surface area contributed by atoms with Crippen LogP contribution in [-0.4, -0.2) is 45.9 Å². The van der Waals surface area contributed by atoms with Crippen LogP contribution < -0.4 is 5.32 Å². The van der Waals surface area contributed by atoms with Gasteiger partial charge in [-0.1, -0.05) is 23.7 Å². The Kier molecular flexibility index (Phi) is 5.64. The van der Waals surface area contributed by atoms with E-state index >= 15 is 0 Å². The Balaban J connectivity index is 1.87. The number of sulfone groups is 1. The molecule has 1 saturated heterocycles. The number of anilines is 1. The van der Waals surface area contributed by atoms with Crippen molar-refractivity contribution in [3.63, 3.8) is 0 Å². The topological polar surface area (TPSA) is 101 Å². The summed E-state index contributed by atoms with van der Waals surface area (Å²) in [5.74, 6) is -0.560. The molecule has 1 fully saturated rings. The second-order valence-corrected chi connectivity index (χ2v) is 11.9. The van der Waals surface area contributed by atoms with Crippen molar-refractivity contribution >= 4 is 54.4 Å². The van der Waals surface area contributed by atoms with Crippen LogP contribution in [0.4, 0.5) is 5.69 Å². The summed E-state index contributed by atoms with van der Waals surface area (Å²) in [7, 11) is -7.40. The van der Waals surface area contributed by atoms with Gasteiger partial charge in [0.05, 0.1) is 14.9 Å². The summed E-state index contributed by atoms with van der Waals surface area (Å²) >= 11 is 6.77. The molecule has 1 aromatic heterocycles.